The number of aryl methyl sites for hydroxylation is 1. The molecule has 1 fully saturated rings. The van der Waals surface area contributed by atoms with Crippen LogP contribution >= 0.6 is 0 Å². The molecule has 3 aromatic heterocycles. The van der Waals surface area contributed by atoms with E-state index in [0.717, 1.165) is 23.3 Å². The first kappa shape index (κ1) is 14.9. The molecule has 2 atom stereocenters. The maximum absolute atomic E-state index is 12.1. The van der Waals surface area contributed by atoms with Crippen LogP contribution in [0.4, 0.5) is 0 Å². The van der Waals surface area contributed by atoms with Crippen LogP contribution < -0.4 is 11.2 Å². The van der Waals surface area contributed by atoms with E-state index >= 15 is 0 Å². The lowest BCUT2D eigenvalue weighted by atomic mass is 10.0. The van der Waals surface area contributed by atoms with E-state index in [1.807, 2.05) is 13.0 Å². The van der Waals surface area contributed by atoms with E-state index < -0.39 is 11.2 Å². The Bertz CT molecular complexity index is 1040. The van der Waals surface area contributed by atoms with Crippen molar-refractivity contribution in [3.8, 4) is 11.3 Å². The highest BCUT2D eigenvalue weighted by atomic mass is 16.2. The Hall–Kier alpha value is -2.70. The van der Waals surface area contributed by atoms with Gasteiger partial charge >= 0.3 is 5.69 Å². The normalized spacial score (nSPS) is 20.0. The van der Waals surface area contributed by atoms with Crippen molar-refractivity contribution in [2.24, 2.45) is 11.8 Å². The standard InChI is InChI=1S/C17H19N5O2/c1-8(2)10-4-11(10)12-5-14(13-7-19-17(24)20-16(13)23)21-22-9(3)6-18-15(12)22/h5-8,10-11H,4H2,1-3H3,(H2,19,20,23,24)/t10-,11?/m1/s1. The quantitative estimate of drug-likeness (QED) is 0.768. The molecule has 3 heterocycles. The van der Waals surface area contributed by atoms with Gasteiger partial charge in [-0.05, 0) is 37.2 Å². The first-order valence-corrected chi connectivity index (χ1v) is 8.13. The second-order valence-electron chi connectivity index (χ2n) is 6.86. The average Bonchev–Trinajstić information content (AvgIpc) is 3.25. The van der Waals surface area contributed by atoms with E-state index in [0.29, 0.717) is 29.0 Å². The molecule has 1 aliphatic carbocycles. The molecule has 0 aromatic carbocycles. The summed E-state index contributed by atoms with van der Waals surface area (Å²) < 4.78 is 1.78. The molecule has 1 aliphatic rings. The van der Waals surface area contributed by atoms with Gasteiger partial charge in [-0.1, -0.05) is 13.8 Å². The van der Waals surface area contributed by atoms with Gasteiger partial charge in [-0.2, -0.15) is 5.10 Å². The van der Waals surface area contributed by atoms with Gasteiger partial charge < -0.3 is 4.98 Å². The fraction of sp³-hybridized carbons (Fsp3) is 0.412. The summed E-state index contributed by atoms with van der Waals surface area (Å²) in [7, 11) is 0. The minimum absolute atomic E-state index is 0.354. The zero-order valence-electron chi connectivity index (χ0n) is 13.8. The van der Waals surface area contributed by atoms with Gasteiger partial charge in [0.25, 0.3) is 5.56 Å². The largest absolute Gasteiger partial charge is 0.325 e. The molecule has 1 unspecified atom stereocenters. The molecule has 24 heavy (non-hydrogen) atoms. The van der Waals surface area contributed by atoms with Crippen LogP contribution in [0.15, 0.2) is 28.0 Å². The second kappa shape index (κ2) is 5.15. The fourth-order valence-electron chi connectivity index (χ4n) is 3.42. The number of H-pyrrole nitrogens is 2. The number of nitrogens with zero attached hydrogens (tertiary/aromatic N) is 3. The number of fused-ring (bicyclic) bond motifs is 1. The summed E-state index contributed by atoms with van der Waals surface area (Å²) in [6.07, 6.45) is 4.34. The van der Waals surface area contributed by atoms with Gasteiger partial charge in [0.1, 0.15) is 0 Å². The molecule has 0 spiro atoms. The van der Waals surface area contributed by atoms with E-state index in [2.05, 4.69) is 33.9 Å². The van der Waals surface area contributed by atoms with Crippen LogP contribution in [-0.4, -0.2) is 24.6 Å². The summed E-state index contributed by atoms with van der Waals surface area (Å²) in [5, 5.41) is 4.55. The third kappa shape index (κ3) is 2.28. The van der Waals surface area contributed by atoms with Crippen molar-refractivity contribution >= 4 is 5.65 Å². The minimum Gasteiger partial charge on any atom is -0.313 e. The van der Waals surface area contributed by atoms with Crippen LogP contribution in [0.5, 0.6) is 0 Å². The molecule has 0 bridgehead atoms. The molecule has 3 aromatic rings. The van der Waals surface area contributed by atoms with Gasteiger partial charge in [-0.3, -0.25) is 9.78 Å². The number of hydrogen-bond acceptors (Lipinski definition) is 4. The third-order valence-corrected chi connectivity index (χ3v) is 4.86. The van der Waals surface area contributed by atoms with Crippen molar-refractivity contribution in [3.05, 3.63) is 50.6 Å². The van der Waals surface area contributed by atoms with E-state index in [1.165, 1.54) is 6.20 Å². The molecule has 7 nitrogen and oxygen atoms in total. The van der Waals surface area contributed by atoms with Crippen molar-refractivity contribution in [3.63, 3.8) is 0 Å². The maximum atomic E-state index is 12.1. The van der Waals surface area contributed by atoms with Crippen LogP contribution in [-0.2, 0) is 0 Å². The number of rotatable bonds is 3. The lowest BCUT2D eigenvalue weighted by Crippen LogP contribution is -2.23. The topological polar surface area (TPSA) is 95.9 Å². The highest BCUT2D eigenvalue weighted by Gasteiger charge is 2.42. The smallest absolute Gasteiger partial charge is 0.313 e. The highest BCUT2D eigenvalue weighted by Crippen LogP contribution is 2.52. The summed E-state index contributed by atoms with van der Waals surface area (Å²) in [6.45, 7) is 6.39. The van der Waals surface area contributed by atoms with Crippen LogP contribution in [0.2, 0.25) is 0 Å². The summed E-state index contributed by atoms with van der Waals surface area (Å²) in [5.41, 5.74) is 2.83. The highest BCUT2D eigenvalue weighted by molar-refractivity contribution is 5.63. The Labute approximate surface area is 137 Å². The zero-order valence-corrected chi connectivity index (χ0v) is 13.8. The lowest BCUT2D eigenvalue weighted by molar-refractivity contribution is 0.548. The van der Waals surface area contributed by atoms with Crippen LogP contribution in [0.3, 0.4) is 0 Å². The predicted molar refractivity (Wildman–Crippen MR) is 90.1 cm³/mol. The van der Waals surface area contributed by atoms with E-state index in [9.17, 15) is 9.59 Å². The van der Waals surface area contributed by atoms with Crippen LogP contribution in [0.25, 0.3) is 16.9 Å². The van der Waals surface area contributed by atoms with E-state index in [4.69, 9.17) is 0 Å². The summed E-state index contributed by atoms with van der Waals surface area (Å²) >= 11 is 0. The van der Waals surface area contributed by atoms with Gasteiger partial charge in [0, 0.05) is 11.8 Å². The molecule has 0 saturated heterocycles. The van der Waals surface area contributed by atoms with Gasteiger partial charge in [0.05, 0.1) is 23.1 Å². The number of aromatic nitrogens is 5. The molecule has 0 amide bonds. The van der Waals surface area contributed by atoms with E-state index in [1.54, 1.807) is 10.7 Å². The maximum Gasteiger partial charge on any atom is 0.325 e. The first-order chi connectivity index (χ1) is 11.5. The molecule has 4 rings (SSSR count). The lowest BCUT2D eigenvalue weighted by Gasteiger charge is -2.09. The monoisotopic (exact) mass is 325 g/mol. The summed E-state index contributed by atoms with van der Waals surface area (Å²) in [4.78, 5) is 32.6. The molecular formula is C17H19N5O2. The van der Waals surface area contributed by atoms with Gasteiger partial charge in [0.2, 0.25) is 0 Å². The number of hydrogen-bond donors (Lipinski definition) is 2. The SMILES string of the molecule is Cc1cnc2c(C3C[C@@H]3C(C)C)cc(-c3c[nH]c(=O)[nH]c3=O)nn12. The van der Waals surface area contributed by atoms with Crippen molar-refractivity contribution < 1.29 is 0 Å². The molecule has 1 saturated carbocycles. The molecule has 0 radical (unpaired) electrons. The van der Waals surface area contributed by atoms with Gasteiger partial charge in [-0.25, -0.2) is 14.3 Å². The molecule has 2 N–H and O–H groups in total. The molecular weight excluding hydrogens is 306 g/mol. The van der Waals surface area contributed by atoms with Crippen molar-refractivity contribution in [1.82, 2.24) is 24.6 Å². The summed E-state index contributed by atoms with van der Waals surface area (Å²) in [6, 6.07) is 1.94. The van der Waals surface area contributed by atoms with Crippen LogP contribution in [0.1, 0.15) is 37.4 Å². The number of aromatic amines is 2. The van der Waals surface area contributed by atoms with Crippen molar-refractivity contribution in [1.29, 1.82) is 0 Å². The Morgan fingerprint density at radius 2 is 2.12 bits per heavy atom. The Balaban J connectivity index is 1.93. The Morgan fingerprint density at radius 3 is 2.79 bits per heavy atom. The Kier molecular flexibility index (Phi) is 3.19. The fourth-order valence-corrected chi connectivity index (χ4v) is 3.42. The first-order valence-electron chi connectivity index (χ1n) is 8.13. The van der Waals surface area contributed by atoms with E-state index in [-0.39, 0.29) is 0 Å². The number of imidazole rings is 1. The zero-order chi connectivity index (χ0) is 17.0. The Morgan fingerprint density at radius 1 is 1.33 bits per heavy atom. The average molecular weight is 325 g/mol. The molecule has 7 heteroatoms. The van der Waals surface area contributed by atoms with Gasteiger partial charge in [0.15, 0.2) is 5.65 Å². The predicted octanol–water partition coefficient (Wildman–Crippen LogP) is 1.84. The molecule has 0 aliphatic heterocycles. The van der Waals surface area contributed by atoms with Crippen molar-refractivity contribution in [2.45, 2.75) is 33.1 Å². The second-order valence-corrected chi connectivity index (χ2v) is 6.86. The summed E-state index contributed by atoms with van der Waals surface area (Å²) in [5.74, 6) is 1.69. The van der Waals surface area contributed by atoms with Crippen molar-refractivity contribution in [2.75, 3.05) is 0 Å². The third-order valence-electron chi connectivity index (χ3n) is 4.86. The van der Waals surface area contributed by atoms with Crippen LogP contribution in [0, 0.1) is 18.8 Å². The number of nitrogens with one attached hydrogen (secondary N) is 2. The minimum atomic E-state index is -0.522. The molecule has 124 valence electrons. The van der Waals surface area contributed by atoms with Gasteiger partial charge in [-0.15, -0.1) is 0 Å².